The second kappa shape index (κ2) is 7.55. The number of aryl methyl sites for hydroxylation is 3. The van der Waals surface area contributed by atoms with Crippen LogP contribution in [0.15, 0.2) is 30.7 Å². The minimum Gasteiger partial charge on any atom is -0.504 e. The Morgan fingerprint density at radius 2 is 2.00 bits per heavy atom. The molecule has 0 aliphatic rings. The SMILES string of the molecule is C=CP(=O)(ONc1ncc(C)c(C)n1)Oc1cc(C)c(O)c(OC)c1. The van der Waals surface area contributed by atoms with E-state index < -0.39 is 7.60 Å². The first kappa shape index (κ1) is 18.8. The van der Waals surface area contributed by atoms with Gasteiger partial charge in [0.15, 0.2) is 11.5 Å². The van der Waals surface area contributed by atoms with Crippen LogP contribution in [0.1, 0.15) is 16.8 Å². The number of phenols is 1. The van der Waals surface area contributed by atoms with Crippen LogP contribution in [0.4, 0.5) is 5.95 Å². The molecule has 1 aromatic carbocycles. The highest BCUT2D eigenvalue weighted by Crippen LogP contribution is 2.50. The third-order valence-corrected chi connectivity index (χ3v) is 4.66. The van der Waals surface area contributed by atoms with Crippen molar-refractivity contribution in [2.75, 3.05) is 12.6 Å². The average molecular weight is 365 g/mol. The molecule has 0 fully saturated rings. The van der Waals surface area contributed by atoms with Gasteiger partial charge in [-0.25, -0.2) is 20.0 Å². The number of anilines is 1. The van der Waals surface area contributed by atoms with E-state index in [1.165, 1.54) is 19.2 Å². The molecule has 134 valence electrons. The van der Waals surface area contributed by atoms with Crippen LogP contribution in [0.2, 0.25) is 0 Å². The molecular weight excluding hydrogens is 345 g/mol. The summed E-state index contributed by atoms with van der Waals surface area (Å²) in [4.78, 5) is 8.18. The molecular formula is C16H20N3O5P. The Morgan fingerprint density at radius 1 is 1.28 bits per heavy atom. The Kier molecular flexibility index (Phi) is 5.66. The smallest absolute Gasteiger partial charge is 0.424 e. The van der Waals surface area contributed by atoms with Crippen molar-refractivity contribution in [2.45, 2.75) is 20.8 Å². The third-order valence-electron chi connectivity index (χ3n) is 3.40. The van der Waals surface area contributed by atoms with E-state index in [0.29, 0.717) is 5.56 Å². The molecule has 0 amide bonds. The lowest BCUT2D eigenvalue weighted by atomic mass is 10.2. The number of nitrogens with zero attached hydrogens (tertiary/aromatic N) is 2. The van der Waals surface area contributed by atoms with Gasteiger partial charge in [-0.2, -0.15) is 4.62 Å². The van der Waals surface area contributed by atoms with Gasteiger partial charge in [0.05, 0.1) is 7.11 Å². The Labute approximate surface area is 146 Å². The standard InChI is InChI=1S/C16H20N3O5P/c1-6-25(21,24-19-16-17-9-11(3)12(4)18-16)23-13-7-10(2)15(20)14(8-13)22-5/h6-9,20H,1H2,2-5H3,(H,17,18,19). The highest BCUT2D eigenvalue weighted by atomic mass is 31.2. The van der Waals surface area contributed by atoms with Crippen molar-refractivity contribution in [1.82, 2.24) is 9.97 Å². The van der Waals surface area contributed by atoms with Crippen LogP contribution >= 0.6 is 7.60 Å². The second-order valence-corrected chi connectivity index (χ2v) is 7.07. The largest absolute Gasteiger partial charge is 0.504 e. The first-order valence-corrected chi connectivity index (χ1v) is 8.94. The number of phenolic OH excluding ortho intramolecular Hbond substituents is 1. The maximum absolute atomic E-state index is 12.7. The van der Waals surface area contributed by atoms with Crippen LogP contribution in [0.5, 0.6) is 17.2 Å². The van der Waals surface area contributed by atoms with Crippen LogP contribution in [-0.2, 0) is 9.19 Å². The van der Waals surface area contributed by atoms with Gasteiger partial charge >= 0.3 is 7.60 Å². The first-order chi connectivity index (χ1) is 11.8. The molecule has 0 saturated heterocycles. The summed E-state index contributed by atoms with van der Waals surface area (Å²) in [6.45, 7) is 8.83. The molecule has 8 nitrogen and oxygen atoms in total. The normalized spacial score (nSPS) is 13.0. The zero-order valence-electron chi connectivity index (χ0n) is 14.4. The number of benzene rings is 1. The van der Waals surface area contributed by atoms with Gasteiger partial charge in [-0.15, -0.1) is 0 Å². The van der Waals surface area contributed by atoms with Crippen LogP contribution < -0.4 is 14.7 Å². The van der Waals surface area contributed by atoms with Gasteiger partial charge in [0.25, 0.3) is 0 Å². The van der Waals surface area contributed by atoms with E-state index in [0.717, 1.165) is 17.1 Å². The Morgan fingerprint density at radius 3 is 2.60 bits per heavy atom. The summed E-state index contributed by atoms with van der Waals surface area (Å²) >= 11 is 0. The molecule has 1 unspecified atom stereocenters. The van der Waals surface area contributed by atoms with Crippen molar-refractivity contribution in [1.29, 1.82) is 0 Å². The van der Waals surface area contributed by atoms with Crippen LogP contribution in [0.25, 0.3) is 0 Å². The van der Waals surface area contributed by atoms with Crippen LogP contribution in [0, 0.1) is 20.8 Å². The quantitative estimate of drug-likeness (QED) is 0.563. The monoisotopic (exact) mass is 365 g/mol. The highest BCUT2D eigenvalue weighted by molar-refractivity contribution is 7.57. The molecule has 2 N–H and O–H groups in total. The Bertz CT molecular complexity index is 841. The van der Waals surface area contributed by atoms with Gasteiger partial charge in [-0.3, -0.25) is 0 Å². The zero-order valence-corrected chi connectivity index (χ0v) is 15.3. The fraction of sp³-hybridized carbons (Fsp3) is 0.250. The zero-order chi connectivity index (χ0) is 18.6. The number of methoxy groups -OCH3 is 1. The lowest BCUT2D eigenvalue weighted by molar-refractivity contribution is 0.323. The maximum atomic E-state index is 12.7. The summed E-state index contributed by atoms with van der Waals surface area (Å²) in [5.74, 6) is 1.56. The minimum absolute atomic E-state index is 0.0224. The van der Waals surface area contributed by atoms with Gasteiger partial charge in [-0.1, -0.05) is 6.58 Å². The molecule has 0 spiro atoms. The van der Waals surface area contributed by atoms with E-state index in [4.69, 9.17) is 13.9 Å². The Balaban J connectivity index is 2.17. The van der Waals surface area contributed by atoms with Crippen LogP contribution in [0.3, 0.4) is 0 Å². The number of ether oxygens (including phenoxy) is 1. The fourth-order valence-electron chi connectivity index (χ4n) is 1.84. The molecule has 25 heavy (non-hydrogen) atoms. The first-order valence-electron chi connectivity index (χ1n) is 7.33. The van der Waals surface area contributed by atoms with Gasteiger partial charge in [0.2, 0.25) is 5.95 Å². The predicted molar refractivity (Wildman–Crippen MR) is 94.0 cm³/mol. The minimum atomic E-state index is -3.74. The van der Waals surface area contributed by atoms with E-state index >= 15 is 0 Å². The van der Waals surface area contributed by atoms with Crippen molar-refractivity contribution < 1.29 is 23.6 Å². The van der Waals surface area contributed by atoms with E-state index in [1.807, 2.05) is 13.8 Å². The molecule has 1 atom stereocenters. The summed E-state index contributed by atoms with van der Waals surface area (Å²) in [5.41, 5.74) is 4.59. The van der Waals surface area contributed by atoms with E-state index in [2.05, 4.69) is 22.0 Å². The number of aromatic hydroxyl groups is 1. The highest BCUT2D eigenvalue weighted by Gasteiger charge is 2.24. The lowest BCUT2D eigenvalue weighted by Crippen LogP contribution is -2.07. The number of nitrogens with one attached hydrogen (secondary N) is 1. The number of rotatable bonds is 7. The molecule has 2 rings (SSSR count). The summed E-state index contributed by atoms with van der Waals surface area (Å²) < 4.78 is 28.3. The fourth-order valence-corrected chi connectivity index (χ4v) is 2.64. The van der Waals surface area contributed by atoms with Crippen molar-refractivity contribution in [2.24, 2.45) is 0 Å². The van der Waals surface area contributed by atoms with Crippen molar-refractivity contribution >= 4 is 13.5 Å². The van der Waals surface area contributed by atoms with Crippen molar-refractivity contribution in [3.63, 3.8) is 0 Å². The lowest BCUT2D eigenvalue weighted by Gasteiger charge is -2.17. The van der Waals surface area contributed by atoms with E-state index in [9.17, 15) is 9.67 Å². The molecule has 0 saturated carbocycles. The Hall–Kier alpha value is -2.57. The van der Waals surface area contributed by atoms with E-state index in [-0.39, 0.29) is 23.2 Å². The second-order valence-electron chi connectivity index (χ2n) is 5.26. The molecule has 1 aromatic heterocycles. The molecule has 1 heterocycles. The summed E-state index contributed by atoms with van der Waals surface area (Å²) in [5, 5.41) is 9.85. The maximum Gasteiger partial charge on any atom is 0.424 e. The van der Waals surface area contributed by atoms with Gasteiger partial charge in [0.1, 0.15) is 5.75 Å². The topological polar surface area (TPSA) is 103 Å². The molecule has 0 bridgehead atoms. The number of hydrogen-bond acceptors (Lipinski definition) is 8. The average Bonchev–Trinajstić information content (AvgIpc) is 2.59. The molecule has 0 radical (unpaired) electrons. The molecule has 9 heteroatoms. The summed E-state index contributed by atoms with van der Waals surface area (Å²) in [6.07, 6.45) is 1.61. The van der Waals surface area contributed by atoms with E-state index in [1.54, 1.807) is 13.1 Å². The van der Waals surface area contributed by atoms with Gasteiger partial charge < -0.3 is 14.4 Å². The summed E-state index contributed by atoms with van der Waals surface area (Å²) in [7, 11) is -2.34. The summed E-state index contributed by atoms with van der Waals surface area (Å²) in [6, 6.07) is 2.90. The van der Waals surface area contributed by atoms with Gasteiger partial charge in [0, 0.05) is 23.8 Å². The molecule has 0 aliphatic heterocycles. The van der Waals surface area contributed by atoms with Gasteiger partial charge in [-0.05, 0) is 38.0 Å². The molecule has 2 aromatic rings. The molecule has 0 aliphatic carbocycles. The third kappa shape index (κ3) is 4.49. The number of aromatic nitrogens is 2. The van der Waals surface area contributed by atoms with Crippen molar-refractivity contribution in [3.8, 4) is 17.2 Å². The number of hydrogen-bond donors (Lipinski definition) is 2. The van der Waals surface area contributed by atoms with Crippen molar-refractivity contribution in [3.05, 3.63) is 47.5 Å². The predicted octanol–water partition coefficient (Wildman–Crippen LogP) is 3.88. The van der Waals surface area contributed by atoms with Crippen LogP contribution in [-0.4, -0.2) is 22.2 Å².